The van der Waals surface area contributed by atoms with Gasteiger partial charge < -0.3 is 9.84 Å². The monoisotopic (exact) mass is 338 g/mol. The van der Waals surface area contributed by atoms with Gasteiger partial charge in [0.25, 0.3) is 5.91 Å². The lowest BCUT2D eigenvalue weighted by atomic mass is 10.2. The summed E-state index contributed by atoms with van der Waals surface area (Å²) >= 11 is 11.7. The summed E-state index contributed by atoms with van der Waals surface area (Å²) in [4.78, 5) is 11.6. The summed E-state index contributed by atoms with van der Waals surface area (Å²) < 4.78 is 5.25. The molecule has 0 bridgehead atoms. The molecule has 0 aliphatic heterocycles. The minimum Gasteiger partial charge on any atom is -0.507 e. The zero-order valence-corrected chi connectivity index (χ0v) is 12.8. The smallest absolute Gasteiger partial charge is 0.277 e. The second-order valence-corrected chi connectivity index (χ2v) is 5.06. The number of phenolic OH excluding ortho intramolecular Hbond substituents is 1. The maximum Gasteiger partial charge on any atom is 0.277 e. The van der Waals surface area contributed by atoms with Crippen LogP contribution >= 0.6 is 23.2 Å². The number of para-hydroxylation sites is 1. The third kappa shape index (κ3) is 4.65. The molecule has 2 aromatic carbocycles. The predicted octanol–water partition coefficient (Wildman–Crippen LogP) is 3.23. The van der Waals surface area contributed by atoms with E-state index < -0.39 is 5.91 Å². The Kier molecular flexibility index (Phi) is 5.63. The van der Waals surface area contributed by atoms with E-state index in [1.807, 2.05) is 0 Å². The highest BCUT2D eigenvalue weighted by Gasteiger charge is 2.05. The first-order valence-electron chi connectivity index (χ1n) is 6.24. The van der Waals surface area contributed by atoms with Gasteiger partial charge in [-0.25, -0.2) is 5.43 Å². The van der Waals surface area contributed by atoms with E-state index in [4.69, 9.17) is 27.9 Å². The number of hydrazone groups is 1. The largest absolute Gasteiger partial charge is 0.507 e. The number of hydrogen-bond donors (Lipinski definition) is 2. The van der Waals surface area contributed by atoms with Crippen LogP contribution in [0.15, 0.2) is 47.6 Å². The quantitative estimate of drug-likeness (QED) is 0.649. The molecule has 0 fully saturated rings. The first-order chi connectivity index (χ1) is 10.6. The van der Waals surface area contributed by atoms with Crippen LogP contribution in [0, 0.1) is 0 Å². The second kappa shape index (κ2) is 7.68. The van der Waals surface area contributed by atoms with Crippen molar-refractivity contribution >= 4 is 35.3 Å². The average Bonchev–Trinajstić information content (AvgIpc) is 2.48. The summed E-state index contributed by atoms with van der Waals surface area (Å²) in [6, 6.07) is 11.3. The molecule has 22 heavy (non-hydrogen) atoms. The maximum absolute atomic E-state index is 11.6. The standard InChI is InChI=1S/C15H12Cl2N2O3/c16-11-5-6-14(12(17)7-11)22-9-15(21)19-18-8-10-3-1-2-4-13(10)20/h1-8,20H,9H2,(H,19,21)/b18-8+. The summed E-state index contributed by atoms with van der Waals surface area (Å²) in [6.45, 7) is -0.251. The van der Waals surface area contributed by atoms with Gasteiger partial charge >= 0.3 is 0 Å². The Morgan fingerprint density at radius 1 is 1.27 bits per heavy atom. The van der Waals surface area contributed by atoms with Crippen molar-refractivity contribution in [3.05, 3.63) is 58.1 Å². The summed E-state index contributed by atoms with van der Waals surface area (Å²) in [7, 11) is 0. The van der Waals surface area contributed by atoms with Gasteiger partial charge in [-0.15, -0.1) is 0 Å². The molecule has 5 nitrogen and oxygen atoms in total. The van der Waals surface area contributed by atoms with Crippen molar-refractivity contribution in [1.82, 2.24) is 5.43 Å². The van der Waals surface area contributed by atoms with Gasteiger partial charge in [-0.3, -0.25) is 4.79 Å². The average molecular weight is 339 g/mol. The van der Waals surface area contributed by atoms with Crippen LogP contribution < -0.4 is 10.2 Å². The van der Waals surface area contributed by atoms with Crippen molar-refractivity contribution in [2.45, 2.75) is 0 Å². The highest BCUT2D eigenvalue weighted by molar-refractivity contribution is 6.35. The molecule has 2 N–H and O–H groups in total. The van der Waals surface area contributed by atoms with Gasteiger partial charge in [0.2, 0.25) is 0 Å². The minimum atomic E-state index is -0.460. The molecule has 0 radical (unpaired) electrons. The fourth-order valence-electron chi connectivity index (χ4n) is 1.54. The van der Waals surface area contributed by atoms with Crippen LogP contribution in [0.25, 0.3) is 0 Å². The number of nitrogens with zero attached hydrogens (tertiary/aromatic N) is 1. The number of phenols is 1. The number of carbonyl (C=O) groups excluding carboxylic acids is 1. The van der Waals surface area contributed by atoms with Crippen molar-refractivity contribution in [2.75, 3.05) is 6.61 Å². The molecule has 0 aromatic heterocycles. The van der Waals surface area contributed by atoms with Gasteiger partial charge in [0.05, 0.1) is 11.2 Å². The van der Waals surface area contributed by atoms with E-state index in [1.165, 1.54) is 18.3 Å². The molecule has 0 saturated carbocycles. The molecule has 2 rings (SSSR count). The highest BCUT2D eigenvalue weighted by Crippen LogP contribution is 2.27. The molecular formula is C15H12Cl2N2O3. The number of halogens is 2. The molecule has 2 aromatic rings. The lowest BCUT2D eigenvalue weighted by Crippen LogP contribution is -2.24. The third-order valence-corrected chi connectivity index (χ3v) is 3.11. The Morgan fingerprint density at radius 2 is 2.05 bits per heavy atom. The van der Waals surface area contributed by atoms with Crippen LogP contribution in [0.1, 0.15) is 5.56 Å². The van der Waals surface area contributed by atoms with Crippen LogP contribution in [0.4, 0.5) is 0 Å². The van der Waals surface area contributed by atoms with E-state index in [1.54, 1.807) is 30.3 Å². The molecule has 114 valence electrons. The molecule has 0 aliphatic rings. The molecule has 7 heteroatoms. The van der Waals surface area contributed by atoms with Crippen molar-refractivity contribution in [1.29, 1.82) is 0 Å². The molecule has 0 aliphatic carbocycles. The molecule has 0 spiro atoms. The van der Waals surface area contributed by atoms with E-state index >= 15 is 0 Å². The third-order valence-electron chi connectivity index (χ3n) is 2.58. The molecule has 0 heterocycles. The van der Waals surface area contributed by atoms with Gasteiger partial charge in [0, 0.05) is 10.6 Å². The number of amides is 1. The predicted molar refractivity (Wildman–Crippen MR) is 85.8 cm³/mol. The van der Waals surface area contributed by atoms with Gasteiger partial charge in [-0.05, 0) is 30.3 Å². The van der Waals surface area contributed by atoms with Crippen molar-refractivity contribution in [2.24, 2.45) is 5.10 Å². The van der Waals surface area contributed by atoms with E-state index in [-0.39, 0.29) is 12.4 Å². The number of rotatable bonds is 5. The Morgan fingerprint density at radius 3 is 2.77 bits per heavy atom. The normalized spacial score (nSPS) is 10.6. The van der Waals surface area contributed by atoms with Crippen molar-refractivity contribution in [3.63, 3.8) is 0 Å². The van der Waals surface area contributed by atoms with Crippen molar-refractivity contribution < 1.29 is 14.6 Å². The molecule has 0 saturated heterocycles. The Hall–Kier alpha value is -2.24. The minimum absolute atomic E-state index is 0.0738. The van der Waals surface area contributed by atoms with Crippen LogP contribution in [0.2, 0.25) is 10.0 Å². The van der Waals surface area contributed by atoms with E-state index in [0.29, 0.717) is 21.4 Å². The first kappa shape index (κ1) is 16.1. The second-order valence-electron chi connectivity index (χ2n) is 4.22. The summed E-state index contributed by atoms with van der Waals surface area (Å²) in [5.41, 5.74) is 2.77. The Balaban J connectivity index is 1.84. The number of ether oxygens (including phenoxy) is 1. The Bertz CT molecular complexity index is 705. The van der Waals surface area contributed by atoms with Gasteiger partial charge in [0.1, 0.15) is 11.5 Å². The topological polar surface area (TPSA) is 70.9 Å². The summed E-state index contributed by atoms with van der Waals surface area (Å²) in [5, 5.41) is 14.1. The number of carbonyl (C=O) groups is 1. The van der Waals surface area contributed by atoms with Gasteiger partial charge in [-0.2, -0.15) is 5.10 Å². The molecular weight excluding hydrogens is 327 g/mol. The number of hydrogen-bond acceptors (Lipinski definition) is 4. The number of aromatic hydroxyl groups is 1. The lowest BCUT2D eigenvalue weighted by Gasteiger charge is -2.07. The maximum atomic E-state index is 11.6. The fourth-order valence-corrected chi connectivity index (χ4v) is 2.00. The number of nitrogens with one attached hydrogen (secondary N) is 1. The van der Waals surface area contributed by atoms with Crippen LogP contribution in [-0.4, -0.2) is 23.8 Å². The number of benzene rings is 2. The molecule has 1 amide bonds. The molecule has 0 atom stereocenters. The lowest BCUT2D eigenvalue weighted by molar-refractivity contribution is -0.123. The summed E-state index contributed by atoms with van der Waals surface area (Å²) in [6.07, 6.45) is 1.34. The highest BCUT2D eigenvalue weighted by atomic mass is 35.5. The van der Waals surface area contributed by atoms with Crippen LogP contribution in [-0.2, 0) is 4.79 Å². The van der Waals surface area contributed by atoms with Gasteiger partial charge in [-0.1, -0.05) is 35.3 Å². The Labute approximate surface area is 137 Å². The van der Waals surface area contributed by atoms with Crippen LogP contribution in [0.3, 0.4) is 0 Å². The van der Waals surface area contributed by atoms with Crippen LogP contribution in [0.5, 0.6) is 11.5 Å². The summed E-state index contributed by atoms with van der Waals surface area (Å²) in [5.74, 6) is -0.0340. The zero-order valence-electron chi connectivity index (χ0n) is 11.3. The molecule has 0 unspecified atom stereocenters. The van der Waals surface area contributed by atoms with E-state index in [2.05, 4.69) is 10.5 Å². The zero-order chi connectivity index (χ0) is 15.9. The van der Waals surface area contributed by atoms with Gasteiger partial charge in [0.15, 0.2) is 6.61 Å². The van der Waals surface area contributed by atoms with Crippen molar-refractivity contribution in [3.8, 4) is 11.5 Å². The fraction of sp³-hybridized carbons (Fsp3) is 0.0667. The first-order valence-corrected chi connectivity index (χ1v) is 6.99. The van der Waals surface area contributed by atoms with E-state index in [0.717, 1.165) is 0 Å². The SMILES string of the molecule is O=C(COc1ccc(Cl)cc1Cl)N/N=C/c1ccccc1O. The van der Waals surface area contributed by atoms with E-state index in [9.17, 15) is 9.90 Å².